The van der Waals surface area contributed by atoms with E-state index in [9.17, 15) is 4.79 Å². The van der Waals surface area contributed by atoms with E-state index in [2.05, 4.69) is 0 Å². The van der Waals surface area contributed by atoms with Crippen molar-refractivity contribution in [1.82, 2.24) is 4.90 Å². The smallest absolute Gasteiger partial charge is 0.222 e. The molecular formula is C14H18ClNO2. The van der Waals surface area contributed by atoms with Gasteiger partial charge in [0.15, 0.2) is 0 Å². The Morgan fingerprint density at radius 2 is 1.89 bits per heavy atom. The van der Waals surface area contributed by atoms with Crippen molar-refractivity contribution in [3.63, 3.8) is 0 Å². The minimum absolute atomic E-state index is 0.257. The molecule has 3 nitrogen and oxygen atoms in total. The van der Waals surface area contributed by atoms with E-state index in [1.165, 1.54) is 0 Å². The molecule has 2 rings (SSSR count). The Morgan fingerprint density at radius 3 is 2.56 bits per heavy atom. The Bertz CT molecular complexity index is 385. The van der Waals surface area contributed by atoms with Crippen LogP contribution in [0.25, 0.3) is 0 Å². The van der Waals surface area contributed by atoms with Crippen LogP contribution in [0.4, 0.5) is 0 Å². The van der Waals surface area contributed by atoms with Gasteiger partial charge in [0.05, 0.1) is 6.61 Å². The van der Waals surface area contributed by atoms with Crippen molar-refractivity contribution in [2.75, 3.05) is 19.7 Å². The maximum Gasteiger partial charge on any atom is 0.222 e. The summed E-state index contributed by atoms with van der Waals surface area (Å²) in [7, 11) is 0. The molecule has 0 atom stereocenters. The minimum atomic E-state index is 0.257. The van der Waals surface area contributed by atoms with Crippen LogP contribution in [-0.2, 0) is 4.79 Å². The number of rotatable bonds is 5. The molecule has 0 radical (unpaired) electrons. The molecule has 4 heteroatoms. The zero-order valence-corrected chi connectivity index (χ0v) is 11.2. The van der Waals surface area contributed by atoms with E-state index in [0.717, 1.165) is 38.1 Å². The summed E-state index contributed by atoms with van der Waals surface area (Å²) in [5, 5.41) is 0.701. The molecule has 1 aliphatic rings. The highest BCUT2D eigenvalue weighted by Gasteiger charge is 2.16. The summed E-state index contributed by atoms with van der Waals surface area (Å²) in [4.78, 5) is 13.7. The lowest BCUT2D eigenvalue weighted by Gasteiger charge is -2.15. The van der Waals surface area contributed by atoms with Gasteiger partial charge in [-0.25, -0.2) is 0 Å². The normalized spacial score (nSPS) is 14.8. The molecule has 0 aromatic heterocycles. The van der Waals surface area contributed by atoms with Crippen molar-refractivity contribution in [3.05, 3.63) is 29.3 Å². The minimum Gasteiger partial charge on any atom is -0.494 e. The maximum absolute atomic E-state index is 11.8. The van der Waals surface area contributed by atoms with Gasteiger partial charge in [-0.1, -0.05) is 11.6 Å². The van der Waals surface area contributed by atoms with Crippen molar-refractivity contribution in [3.8, 4) is 5.75 Å². The Kier molecular flexibility index (Phi) is 4.88. The topological polar surface area (TPSA) is 29.5 Å². The molecule has 1 aromatic rings. The first-order valence-corrected chi connectivity index (χ1v) is 6.79. The van der Waals surface area contributed by atoms with E-state index in [-0.39, 0.29) is 5.91 Å². The van der Waals surface area contributed by atoms with Crippen molar-refractivity contribution >= 4 is 17.5 Å². The molecule has 0 unspecified atom stereocenters. The Morgan fingerprint density at radius 1 is 1.22 bits per heavy atom. The number of amides is 1. The third-order valence-electron chi connectivity index (χ3n) is 3.08. The van der Waals surface area contributed by atoms with Gasteiger partial charge in [0.25, 0.3) is 0 Å². The number of ether oxygens (including phenoxy) is 1. The first kappa shape index (κ1) is 13.2. The van der Waals surface area contributed by atoms with E-state index < -0.39 is 0 Å². The van der Waals surface area contributed by atoms with Crippen molar-refractivity contribution < 1.29 is 9.53 Å². The summed E-state index contributed by atoms with van der Waals surface area (Å²) < 4.78 is 5.54. The standard InChI is InChI=1S/C14H18ClNO2/c15-12-5-7-13(8-6-12)18-11-3-4-14(17)16-9-1-2-10-16/h5-8H,1-4,9-11H2. The Hall–Kier alpha value is -1.22. The predicted molar refractivity (Wildman–Crippen MR) is 72.0 cm³/mol. The largest absolute Gasteiger partial charge is 0.494 e. The van der Waals surface area contributed by atoms with Gasteiger partial charge in [-0.15, -0.1) is 0 Å². The van der Waals surface area contributed by atoms with Gasteiger partial charge >= 0.3 is 0 Å². The average molecular weight is 268 g/mol. The van der Waals surface area contributed by atoms with Crippen LogP contribution in [0.3, 0.4) is 0 Å². The third kappa shape index (κ3) is 3.91. The second kappa shape index (κ2) is 6.64. The van der Waals surface area contributed by atoms with Gasteiger partial charge in [0.1, 0.15) is 5.75 Å². The summed E-state index contributed by atoms with van der Waals surface area (Å²) in [5.74, 6) is 1.06. The molecule has 1 fully saturated rings. The summed E-state index contributed by atoms with van der Waals surface area (Å²) >= 11 is 5.78. The number of carbonyl (C=O) groups excluding carboxylic acids is 1. The van der Waals surface area contributed by atoms with Crippen LogP contribution in [0.1, 0.15) is 25.7 Å². The number of hydrogen-bond donors (Lipinski definition) is 0. The highest BCUT2D eigenvalue weighted by Crippen LogP contribution is 2.16. The molecule has 0 N–H and O–H groups in total. The molecule has 0 saturated carbocycles. The van der Waals surface area contributed by atoms with Crippen molar-refractivity contribution in [2.24, 2.45) is 0 Å². The van der Waals surface area contributed by atoms with Crippen LogP contribution >= 0.6 is 11.6 Å². The van der Waals surface area contributed by atoms with Gasteiger partial charge in [-0.05, 0) is 43.5 Å². The molecule has 0 spiro atoms. The number of nitrogens with zero attached hydrogens (tertiary/aromatic N) is 1. The second-order valence-electron chi connectivity index (χ2n) is 4.49. The van der Waals surface area contributed by atoms with Gasteiger partial charge < -0.3 is 9.64 Å². The van der Waals surface area contributed by atoms with E-state index in [1.807, 2.05) is 17.0 Å². The first-order valence-electron chi connectivity index (χ1n) is 6.42. The SMILES string of the molecule is O=C(CCCOc1ccc(Cl)cc1)N1CCCC1. The quantitative estimate of drug-likeness (QED) is 0.767. The maximum atomic E-state index is 11.8. The number of likely N-dealkylation sites (tertiary alicyclic amines) is 1. The Labute approximate surface area is 113 Å². The van der Waals surface area contributed by atoms with Crippen LogP contribution < -0.4 is 4.74 Å². The number of benzene rings is 1. The fourth-order valence-electron chi connectivity index (χ4n) is 2.07. The van der Waals surface area contributed by atoms with Crippen LogP contribution in [-0.4, -0.2) is 30.5 Å². The molecule has 1 aromatic carbocycles. The molecular weight excluding hydrogens is 250 g/mol. The van der Waals surface area contributed by atoms with Crippen LogP contribution in [0, 0.1) is 0 Å². The summed E-state index contributed by atoms with van der Waals surface area (Å²) in [6.45, 7) is 2.43. The molecule has 1 aliphatic heterocycles. The van der Waals surface area contributed by atoms with Gasteiger partial charge in [0, 0.05) is 24.5 Å². The van der Waals surface area contributed by atoms with Gasteiger partial charge in [-0.2, -0.15) is 0 Å². The first-order chi connectivity index (χ1) is 8.75. The Balaban J connectivity index is 1.63. The van der Waals surface area contributed by atoms with Gasteiger partial charge in [-0.3, -0.25) is 4.79 Å². The van der Waals surface area contributed by atoms with Gasteiger partial charge in [0.2, 0.25) is 5.91 Å². The van der Waals surface area contributed by atoms with Crippen molar-refractivity contribution in [2.45, 2.75) is 25.7 Å². The number of carbonyl (C=O) groups is 1. The van der Waals surface area contributed by atoms with E-state index in [0.29, 0.717) is 18.1 Å². The van der Waals surface area contributed by atoms with E-state index in [4.69, 9.17) is 16.3 Å². The summed E-state index contributed by atoms with van der Waals surface area (Å²) in [5.41, 5.74) is 0. The number of hydrogen-bond acceptors (Lipinski definition) is 2. The molecule has 18 heavy (non-hydrogen) atoms. The molecule has 1 heterocycles. The molecule has 98 valence electrons. The van der Waals surface area contributed by atoms with Crippen LogP contribution in [0.2, 0.25) is 5.02 Å². The molecule has 1 saturated heterocycles. The van der Waals surface area contributed by atoms with Crippen molar-refractivity contribution in [1.29, 1.82) is 0 Å². The lowest BCUT2D eigenvalue weighted by molar-refractivity contribution is -0.130. The second-order valence-corrected chi connectivity index (χ2v) is 4.93. The average Bonchev–Trinajstić information content (AvgIpc) is 2.90. The zero-order chi connectivity index (χ0) is 12.8. The third-order valence-corrected chi connectivity index (χ3v) is 3.33. The summed E-state index contributed by atoms with van der Waals surface area (Å²) in [6, 6.07) is 7.27. The number of halogens is 1. The fourth-order valence-corrected chi connectivity index (χ4v) is 2.19. The molecule has 0 bridgehead atoms. The zero-order valence-electron chi connectivity index (χ0n) is 10.4. The van der Waals surface area contributed by atoms with Crippen LogP contribution in [0.5, 0.6) is 5.75 Å². The lowest BCUT2D eigenvalue weighted by Crippen LogP contribution is -2.27. The van der Waals surface area contributed by atoms with E-state index in [1.54, 1.807) is 12.1 Å². The molecule has 0 aliphatic carbocycles. The van der Waals surface area contributed by atoms with E-state index >= 15 is 0 Å². The predicted octanol–water partition coefficient (Wildman–Crippen LogP) is 3.12. The lowest BCUT2D eigenvalue weighted by atomic mass is 10.3. The summed E-state index contributed by atoms with van der Waals surface area (Å²) in [6.07, 6.45) is 3.63. The highest BCUT2D eigenvalue weighted by molar-refractivity contribution is 6.30. The fraction of sp³-hybridized carbons (Fsp3) is 0.500. The highest BCUT2D eigenvalue weighted by atomic mass is 35.5. The van der Waals surface area contributed by atoms with Crippen LogP contribution in [0.15, 0.2) is 24.3 Å². The monoisotopic (exact) mass is 267 g/mol. The molecule has 1 amide bonds.